The molecule has 25 heavy (non-hydrogen) atoms. The number of nitrogens with zero attached hydrogens (tertiary/aromatic N) is 1. The molecule has 2 rings (SSSR count). The van der Waals surface area contributed by atoms with Crippen molar-refractivity contribution in [1.82, 2.24) is 15.2 Å². The zero-order chi connectivity index (χ0) is 18.7. The first-order valence-corrected chi connectivity index (χ1v) is 7.72. The molecule has 0 spiro atoms. The minimum atomic E-state index is -1.14. The average Bonchev–Trinajstić information content (AvgIpc) is 2.93. The number of carbonyl (C=O) groups is 3. The molecule has 3 N–H and O–H groups in total. The van der Waals surface area contributed by atoms with E-state index < -0.39 is 29.9 Å². The number of hydrogen-bond acceptors (Lipinski definition) is 3. The van der Waals surface area contributed by atoms with Crippen molar-refractivity contribution in [2.45, 2.75) is 32.4 Å². The Hall–Kier alpha value is -2.90. The van der Waals surface area contributed by atoms with Crippen molar-refractivity contribution >= 4 is 28.7 Å². The van der Waals surface area contributed by atoms with E-state index in [-0.39, 0.29) is 12.2 Å². The molecule has 7 nitrogen and oxygen atoms in total. The van der Waals surface area contributed by atoms with Gasteiger partial charge in [-0.15, -0.1) is 0 Å². The number of hydrogen-bond donors (Lipinski definition) is 3. The van der Waals surface area contributed by atoms with Gasteiger partial charge in [0.05, 0.1) is 0 Å². The largest absolute Gasteiger partial charge is 0.480 e. The van der Waals surface area contributed by atoms with Crippen molar-refractivity contribution < 1.29 is 23.9 Å². The van der Waals surface area contributed by atoms with Gasteiger partial charge in [-0.2, -0.15) is 0 Å². The van der Waals surface area contributed by atoms with Crippen molar-refractivity contribution in [3.8, 4) is 0 Å². The number of benzene rings is 1. The molecule has 0 radical (unpaired) electrons. The lowest BCUT2D eigenvalue weighted by atomic mass is 10.0. The highest BCUT2D eigenvalue weighted by Gasteiger charge is 2.29. The Bertz CT molecular complexity index is 817. The van der Waals surface area contributed by atoms with Crippen LogP contribution in [0.1, 0.15) is 19.4 Å². The Morgan fingerprint density at radius 2 is 2.04 bits per heavy atom. The summed E-state index contributed by atoms with van der Waals surface area (Å²) in [5, 5.41) is 12.4. The Morgan fingerprint density at radius 1 is 1.36 bits per heavy atom. The second kappa shape index (κ2) is 7.33. The number of carboxylic acid groups (broad SMARTS) is 1. The molecule has 1 aromatic heterocycles. The maximum Gasteiger partial charge on any atom is 0.326 e. The van der Waals surface area contributed by atoms with Crippen LogP contribution in [-0.2, 0) is 20.8 Å². The minimum Gasteiger partial charge on any atom is -0.480 e. The smallest absolute Gasteiger partial charge is 0.326 e. The van der Waals surface area contributed by atoms with Crippen molar-refractivity contribution in [2.75, 3.05) is 7.05 Å². The molecule has 0 saturated heterocycles. The highest BCUT2D eigenvalue weighted by molar-refractivity contribution is 5.91. The van der Waals surface area contributed by atoms with Gasteiger partial charge in [0, 0.05) is 37.5 Å². The second-order valence-electron chi connectivity index (χ2n) is 5.92. The first-order chi connectivity index (χ1) is 11.7. The summed E-state index contributed by atoms with van der Waals surface area (Å²) in [4.78, 5) is 39.2. The monoisotopic (exact) mass is 349 g/mol. The number of fused-ring (bicyclic) bond motifs is 1. The molecule has 0 aliphatic rings. The normalized spacial score (nSPS) is 13.3. The van der Waals surface area contributed by atoms with Crippen LogP contribution in [0, 0.1) is 5.82 Å². The minimum absolute atomic E-state index is 0.153. The summed E-state index contributed by atoms with van der Waals surface area (Å²) >= 11 is 0. The molecular formula is C17H20FN3O4. The van der Waals surface area contributed by atoms with Crippen LogP contribution in [0.3, 0.4) is 0 Å². The third kappa shape index (κ3) is 4.14. The van der Waals surface area contributed by atoms with E-state index in [1.807, 2.05) is 0 Å². The summed E-state index contributed by atoms with van der Waals surface area (Å²) in [5.41, 5.74) is 1.30. The van der Waals surface area contributed by atoms with Gasteiger partial charge in [-0.25, -0.2) is 9.18 Å². The van der Waals surface area contributed by atoms with Crippen LogP contribution >= 0.6 is 0 Å². The van der Waals surface area contributed by atoms with E-state index in [0.717, 1.165) is 15.8 Å². The lowest BCUT2D eigenvalue weighted by Gasteiger charge is -2.27. The summed E-state index contributed by atoms with van der Waals surface area (Å²) in [6.07, 6.45) is 1.80. The third-order valence-electron chi connectivity index (χ3n) is 4.12. The summed E-state index contributed by atoms with van der Waals surface area (Å²) in [7, 11) is 1.38. The molecule has 0 saturated carbocycles. The van der Waals surface area contributed by atoms with Crippen molar-refractivity contribution in [3.63, 3.8) is 0 Å². The van der Waals surface area contributed by atoms with Crippen LogP contribution in [0.25, 0.3) is 10.9 Å². The maximum atomic E-state index is 13.3. The fraction of sp³-hybridized carbons (Fsp3) is 0.353. The molecule has 2 aromatic rings. The Morgan fingerprint density at radius 3 is 2.64 bits per heavy atom. The molecule has 0 aliphatic carbocycles. The number of likely N-dealkylation sites (N-methyl/N-ethyl adjacent to an activating group) is 1. The van der Waals surface area contributed by atoms with Gasteiger partial charge in [-0.3, -0.25) is 9.59 Å². The summed E-state index contributed by atoms with van der Waals surface area (Å²) in [6, 6.07) is 2.30. The number of aromatic amines is 1. The zero-order valence-electron chi connectivity index (χ0n) is 14.2. The number of aromatic nitrogens is 1. The van der Waals surface area contributed by atoms with Gasteiger partial charge >= 0.3 is 5.97 Å². The van der Waals surface area contributed by atoms with Crippen molar-refractivity contribution in [1.29, 1.82) is 0 Å². The molecule has 0 aliphatic heterocycles. The molecule has 2 unspecified atom stereocenters. The van der Waals surface area contributed by atoms with Gasteiger partial charge in [-0.05, 0) is 30.7 Å². The van der Waals surface area contributed by atoms with Gasteiger partial charge in [-0.1, -0.05) is 0 Å². The predicted octanol–water partition coefficient (Wildman–Crippen LogP) is 1.29. The van der Waals surface area contributed by atoms with Crippen LogP contribution < -0.4 is 5.32 Å². The molecule has 134 valence electrons. The summed E-state index contributed by atoms with van der Waals surface area (Å²) in [6.45, 7) is 2.67. The number of carboxylic acids is 1. The Balaban J connectivity index is 2.29. The molecule has 1 heterocycles. The molecule has 2 atom stereocenters. The van der Waals surface area contributed by atoms with Gasteiger partial charge < -0.3 is 20.3 Å². The molecule has 8 heteroatoms. The summed E-state index contributed by atoms with van der Waals surface area (Å²) < 4.78 is 13.3. The lowest BCUT2D eigenvalue weighted by molar-refractivity contribution is -0.149. The topological polar surface area (TPSA) is 103 Å². The summed E-state index contributed by atoms with van der Waals surface area (Å²) in [5.74, 6) is -2.44. The average molecular weight is 349 g/mol. The number of H-pyrrole nitrogens is 1. The van der Waals surface area contributed by atoms with Gasteiger partial charge in [0.1, 0.15) is 17.9 Å². The SMILES string of the molecule is CC(=O)NC(Cc1c[nH]c2cc(F)ccc12)C(=O)N(C)C(C)C(=O)O. The van der Waals surface area contributed by atoms with E-state index in [2.05, 4.69) is 10.3 Å². The van der Waals surface area contributed by atoms with E-state index in [4.69, 9.17) is 5.11 Å². The molecule has 0 bridgehead atoms. The molecule has 2 amide bonds. The number of nitrogens with one attached hydrogen (secondary N) is 2. The van der Waals surface area contributed by atoms with E-state index >= 15 is 0 Å². The molecular weight excluding hydrogens is 329 g/mol. The van der Waals surface area contributed by atoms with Crippen LogP contribution in [0.2, 0.25) is 0 Å². The fourth-order valence-corrected chi connectivity index (χ4v) is 2.60. The zero-order valence-corrected chi connectivity index (χ0v) is 14.2. The van der Waals surface area contributed by atoms with E-state index in [9.17, 15) is 18.8 Å². The van der Waals surface area contributed by atoms with Crippen molar-refractivity contribution in [2.24, 2.45) is 0 Å². The van der Waals surface area contributed by atoms with Crippen LogP contribution in [0.5, 0.6) is 0 Å². The van der Waals surface area contributed by atoms with E-state index in [1.165, 1.54) is 33.0 Å². The number of halogens is 1. The molecule has 0 fully saturated rings. The van der Waals surface area contributed by atoms with Gasteiger partial charge in [0.2, 0.25) is 11.8 Å². The van der Waals surface area contributed by atoms with E-state index in [1.54, 1.807) is 12.3 Å². The molecule has 1 aromatic carbocycles. The number of rotatable bonds is 6. The first-order valence-electron chi connectivity index (χ1n) is 7.72. The van der Waals surface area contributed by atoms with Crippen LogP contribution in [0.4, 0.5) is 4.39 Å². The highest BCUT2D eigenvalue weighted by atomic mass is 19.1. The van der Waals surface area contributed by atoms with Gasteiger partial charge in [0.25, 0.3) is 0 Å². The fourth-order valence-electron chi connectivity index (χ4n) is 2.60. The third-order valence-corrected chi connectivity index (χ3v) is 4.12. The van der Waals surface area contributed by atoms with Crippen LogP contribution in [0.15, 0.2) is 24.4 Å². The van der Waals surface area contributed by atoms with Gasteiger partial charge in [0.15, 0.2) is 0 Å². The number of amides is 2. The van der Waals surface area contributed by atoms with Crippen molar-refractivity contribution in [3.05, 3.63) is 35.8 Å². The number of aliphatic carboxylic acids is 1. The van der Waals surface area contributed by atoms with Crippen LogP contribution in [-0.4, -0.2) is 51.9 Å². The maximum absolute atomic E-state index is 13.3. The highest BCUT2D eigenvalue weighted by Crippen LogP contribution is 2.21. The predicted molar refractivity (Wildman–Crippen MR) is 89.4 cm³/mol. The second-order valence-corrected chi connectivity index (χ2v) is 5.92. The van der Waals surface area contributed by atoms with E-state index in [0.29, 0.717) is 5.52 Å². The quantitative estimate of drug-likeness (QED) is 0.731. The first kappa shape index (κ1) is 18.4. The Labute approximate surface area is 143 Å². The Kier molecular flexibility index (Phi) is 5.41. The standard InChI is InChI=1S/C17H20FN3O4/c1-9(17(24)25)21(3)16(23)15(20-10(2)22)6-11-8-19-14-7-12(18)4-5-13(11)14/h4-5,7-9,15,19H,6H2,1-3H3,(H,20,22)(H,24,25). The number of carbonyl (C=O) groups excluding carboxylic acids is 2. The lowest BCUT2D eigenvalue weighted by Crippen LogP contribution is -2.52.